The van der Waals surface area contributed by atoms with Crippen LogP contribution in [0.15, 0.2) is 0 Å². The molecule has 3 rings (SSSR count). The predicted molar refractivity (Wildman–Crippen MR) is 60.5 cm³/mol. The lowest BCUT2D eigenvalue weighted by Gasteiger charge is -2.37. The van der Waals surface area contributed by atoms with Crippen molar-refractivity contribution in [2.75, 3.05) is 19.6 Å². The second-order valence-electron chi connectivity index (χ2n) is 5.35. The third kappa shape index (κ3) is 1.76. The summed E-state index contributed by atoms with van der Waals surface area (Å²) in [5.41, 5.74) is 0. The molecule has 6 nitrogen and oxygen atoms in total. The van der Waals surface area contributed by atoms with Crippen LogP contribution in [0.4, 0.5) is 0 Å². The van der Waals surface area contributed by atoms with Crippen molar-refractivity contribution >= 4 is 17.8 Å². The lowest BCUT2D eigenvalue weighted by atomic mass is 10.1. The van der Waals surface area contributed by atoms with Crippen molar-refractivity contribution in [3.63, 3.8) is 0 Å². The molecule has 0 bridgehead atoms. The largest absolute Gasteiger partial charge is 0.481 e. The molecule has 18 heavy (non-hydrogen) atoms. The van der Waals surface area contributed by atoms with Gasteiger partial charge in [0.1, 0.15) is 0 Å². The summed E-state index contributed by atoms with van der Waals surface area (Å²) in [5, 5.41) is 8.83. The SMILES string of the molecule is O=C(O)[C@H]1C[C@H]1C(=O)N1CCN2C(=O)CCC2C1. The molecule has 0 aromatic heterocycles. The lowest BCUT2D eigenvalue weighted by molar-refractivity contribution is -0.143. The number of carboxylic acids is 1. The van der Waals surface area contributed by atoms with Gasteiger partial charge in [-0.15, -0.1) is 0 Å². The quantitative estimate of drug-likeness (QED) is 0.721. The van der Waals surface area contributed by atoms with Gasteiger partial charge in [-0.2, -0.15) is 0 Å². The van der Waals surface area contributed by atoms with Crippen LogP contribution in [0.3, 0.4) is 0 Å². The number of carbonyl (C=O) groups excluding carboxylic acids is 2. The molecule has 3 fully saturated rings. The van der Waals surface area contributed by atoms with Gasteiger partial charge < -0.3 is 14.9 Å². The summed E-state index contributed by atoms with van der Waals surface area (Å²) in [4.78, 5) is 38.0. The van der Waals surface area contributed by atoms with Crippen molar-refractivity contribution in [3.8, 4) is 0 Å². The Bertz CT molecular complexity index is 422. The van der Waals surface area contributed by atoms with E-state index in [0.717, 1.165) is 6.42 Å². The Kier molecular flexibility index (Phi) is 2.53. The number of rotatable bonds is 2. The molecule has 1 aliphatic carbocycles. The molecule has 98 valence electrons. The molecule has 1 unspecified atom stereocenters. The van der Waals surface area contributed by atoms with Crippen LogP contribution in [-0.4, -0.2) is 58.4 Å². The Morgan fingerprint density at radius 3 is 2.67 bits per heavy atom. The van der Waals surface area contributed by atoms with Crippen LogP contribution < -0.4 is 0 Å². The van der Waals surface area contributed by atoms with Crippen molar-refractivity contribution < 1.29 is 19.5 Å². The van der Waals surface area contributed by atoms with E-state index in [1.54, 1.807) is 4.90 Å². The van der Waals surface area contributed by atoms with Crippen LogP contribution in [-0.2, 0) is 14.4 Å². The van der Waals surface area contributed by atoms with Gasteiger partial charge in [0, 0.05) is 32.1 Å². The van der Waals surface area contributed by atoms with Gasteiger partial charge in [0.15, 0.2) is 0 Å². The van der Waals surface area contributed by atoms with Gasteiger partial charge in [-0.3, -0.25) is 14.4 Å². The summed E-state index contributed by atoms with van der Waals surface area (Å²) in [6, 6.07) is 0.150. The van der Waals surface area contributed by atoms with E-state index >= 15 is 0 Å². The van der Waals surface area contributed by atoms with Crippen LogP contribution in [0.1, 0.15) is 19.3 Å². The fourth-order valence-electron chi connectivity index (χ4n) is 3.04. The second-order valence-corrected chi connectivity index (χ2v) is 5.35. The molecular weight excluding hydrogens is 236 g/mol. The van der Waals surface area contributed by atoms with Gasteiger partial charge in [-0.1, -0.05) is 0 Å². The second kappa shape index (κ2) is 3.96. The monoisotopic (exact) mass is 252 g/mol. The molecule has 1 N–H and O–H groups in total. The third-order valence-corrected chi connectivity index (χ3v) is 4.23. The van der Waals surface area contributed by atoms with Crippen molar-refractivity contribution in [3.05, 3.63) is 0 Å². The topological polar surface area (TPSA) is 77.9 Å². The molecular formula is C12H16N2O4. The average Bonchev–Trinajstić information content (AvgIpc) is 3.08. The summed E-state index contributed by atoms with van der Waals surface area (Å²) >= 11 is 0. The number of carboxylic acid groups (broad SMARTS) is 1. The molecule has 2 heterocycles. The van der Waals surface area contributed by atoms with Gasteiger partial charge in [0.05, 0.1) is 11.8 Å². The van der Waals surface area contributed by atoms with Crippen molar-refractivity contribution in [2.45, 2.75) is 25.3 Å². The third-order valence-electron chi connectivity index (χ3n) is 4.23. The standard InChI is InChI=1S/C12H16N2O4/c15-10-2-1-7-6-13(3-4-14(7)10)11(16)8-5-9(8)12(17)18/h7-9H,1-6H2,(H,17,18)/t7?,8-,9+/m1/s1. The molecule has 0 spiro atoms. The highest BCUT2D eigenvalue weighted by Gasteiger charge is 2.51. The van der Waals surface area contributed by atoms with E-state index in [2.05, 4.69) is 0 Å². The van der Waals surface area contributed by atoms with Crippen LogP contribution in [0.5, 0.6) is 0 Å². The van der Waals surface area contributed by atoms with E-state index in [0.29, 0.717) is 32.5 Å². The summed E-state index contributed by atoms with van der Waals surface area (Å²) in [6.07, 6.45) is 1.86. The molecule has 3 atom stereocenters. The van der Waals surface area contributed by atoms with E-state index < -0.39 is 11.9 Å². The minimum absolute atomic E-state index is 0.0404. The lowest BCUT2D eigenvalue weighted by Crippen LogP contribution is -2.53. The molecule has 2 aliphatic heterocycles. The summed E-state index contributed by atoms with van der Waals surface area (Å²) in [7, 11) is 0. The zero-order valence-electron chi connectivity index (χ0n) is 10.0. The number of hydrogen-bond acceptors (Lipinski definition) is 3. The first-order valence-electron chi connectivity index (χ1n) is 6.39. The van der Waals surface area contributed by atoms with Crippen molar-refractivity contribution in [2.24, 2.45) is 11.8 Å². The minimum Gasteiger partial charge on any atom is -0.481 e. The Balaban J connectivity index is 1.60. The number of amides is 2. The molecule has 6 heteroatoms. The molecule has 2 saturated heterocycles. The maximum absolute atomic E-state index is 12.1. The van der Waals surface area contributed by atoms with E-state index in [1.165, 1.54) is 0 Å². The Morgan fingerprint density at radius 2 is 2.00 bits per heavy atom. The Hall–Kier alpha value is -1.59. The van der Waals surface area contributed by atoms with Crippen LogP contribution in [0.25, 0.3) is 0 Å². The number of hydrogen-bond donors (Lipinski definition) is 1. The molecule has 0 aromatic rings. The van der Waals surface area contributed by atoms with Gasteiger partial charge in [-0.05, 0) is 12.8 Å². The van der Waals surface area contributed by atoms with E-state index in [4.69, 9.17) is 5.11 Å². The first-order valence-corrected chi connectivity index (χ1v) is 6.39. The smallest absolute Gasteiger partial charge is 0.307 e. The first-order chi connectivity index (χ1) is 8.58. The Labute approximate surface area is 105 Å². The van der Waals surface area contributed by atoms with E-state index in [-0.39, 0.29) is 23.8 Å². The van der Waals surface area contributed by atoms with E-state index in [1.807, 2.05) is 4.90 Å². The highest BCUT2D eigenvalue weighted by Crippen LogP contribution is 2.40. The van der Waals surface area contributed by atoms with Crippen molar-refractivity contribution in [1.82, 2.24) is 9.80 Å². The van der Waals surface area contributed by atoms with Gasteiger partial charge in [0.25, 0.3) is 0 Å². The fraction of sp³-hybridized carbons (Fsp3) is 0.750. The maximum Gasteiger partial charge on any atom is 0.307 e. The predicted octanol–water partition coefficient (Wildman–Crippen LogP) is -0.460. The normalized spacial score (nSPS) is 34.4. The van der Waals surface area contributed by atoms with Gasteiger partial charge in [-0.25, -0.2) is 0 Å². The Morgan fingerprint density at radius 1 is 1.22 bits per heavy atom. The molecule has 2 amide bonds. The fourth-order valence-corrected chi connectivity index (χ4v) is 3.04. The number of nitrogens with zero attached hydrogens (tertiary/aromatic N) is 2. The van der Waals surface area contributed by atoms with Crippen molar-refractivity contribution in [1.29, 1.82) is 0 Å². The number of carbonyl (C=O) groups is 3. The molecule has 0 aromatic carbocycles. The number of fused-ring (bicyclic) bond motifs is 1. The van der Waals surface area contributed by atoms with Gasteiger partial charge in [0.2, 0.25) is 11.8 Å². The molecule has 1 saturated carbocycles. The zero-order chi connectivity index (χ0) is 12.9. The molecule has 0 radical (unpaired) electrons. The average molecular weight is 252 g/mol. The minimum atomic E-state index is -0.872. The summed E-state index contributed by atoms with van der Waals surface area (Å²) < 4.78 is 0. The van der Waals surface area contributed by atoms with Crippen LogP contribution in [0, 0.1) is 11.8 Å². The van der Waals surface area contributed by atoms with Crippen LogP contribution in [0.2, 0.25) is 0 Å². The molecule has 3 aliphatic rings. The highest BCUT2D eigenvalue weighted by atomic mass is 16.4. The summed E-state index contributed by atoms with van der Waals surface area (Å²) in [6.45, 7) is 1.72. The van der Waals surface area contributed by atoms with E-state index in [9.17, 15) is 14.4 Å². The first kappa shape index (κ1) is 11.5. The summed E-state index contributed by atoms with van der Waals surface area (Å²) in [5.74, 6) is -1.54. The zero-order valence-corrected chi connectivity index (χ0v) is 10.0. The van der Waals surface area contributed by atoms with Gasteiger partial charge >= 0.3 is 5.97 Å². The number of aliphatic carboxylic acids is 1. The number of piperazine rings is 1. The maximum atomic E-state index is 12.1. The highest BCUT2D eigenvalue weighted by molar-refractivity contribution is 5.89. The van der Waals surface area contributed by atoms with Crippen LogP contribution >= 0.6 is 0 Å².